The van der Waals surface area contributed by atoms with Crippen molar-refractivity contribution < 1.29 is 8.81 Å². The van der Waals surface area contributed by atoms with Crippen molar-refractivity contribution in [2.24, 2.45) is 0 Å². The maximum Gasteiger partial charge on any atom is 0.247 e. The van der Waals surface area contributed by atoms with E-state index >= 15 is 0 Å². The van der Waals surface area contributed by atoms with Crippen molar-refractivity contribution in [3.63, 3.8) is 0 Å². The molecule has 1 unspecified atom stereocenters. The Morgan fingerprint density at radius 2 is 1.55 bits per heavy atom. The van der Waals surface area contributed by atoms with Crippen LogP contribution in [0.5, 0.6) is 0 Å². The van der Waals surface area contributed by atoms with Crippen LogP contribution < -0.4 is 4.90 Å². The standard InChI is InChI=1S/C24H22FN5O/c25-20-11-5-4-10-19(20)22(24-28-27-23(31-24)18-8-2-1-3-9-18)30-16-14-29(15-17-30)21-12-6-7-13-26-21/h1-13,22H,14-17H2. The highest BCUT2D eigenvalue weighted by Gasteiger charge is 2.32. The smallest absolute Gasteiger partial charge is 0.247 e. The van der Waals surface area contributed by atoms with Crippen LogP contribution in [-0.2, 0) is 0 Å². The molecular weight excluding hydrogens is 393 g/mol. The fourth-order valence-electron chi connectivity index (χ4n) is 3.98. The lowest BCUT2D eigenvalue weighted by Gasteiger charge is -2.38. The SMILES string of the molecule is Fc1ccccc1C(c1nnc(-c2ccccc2)o1)N1CCN(c2ccccn2)CC1. The number of benzene rings is 2. The molecule has 1 atom stereocenters. The molecular formula is C24H22FN5O. The first-order valence-corrected chi connectivity index (χ1v) is 10.3. The van der Waals surface area contributed by atoms with Gasteiger partial charge in [0.1, 0.15) is 17.7 Å². The highest BCUT2D eigenvalue weighted by atomic mass is 19.1. The molecule has 0 amide bonds. The number of hydrogen-bond donors (Lipinski definition) is 0. The predicted molar refractivity (Wildman–Crippen MR) is 116 cm³/mol. The van der Waals surface area contributed by atoms with E-state index in [1.165, 1.54) is 6.07 Å². The largest absolute Gasteiger partial charge is 0.419 e. The Bertz CT molecular complexity index is 1130. The van der Waals surface area contributed by atoms with E-state index in [4.69, 9.17) is 4.42 Å². The zero-order chi connectivity index (χ0) is 21.0. The van der Waals surface area contributed by atoms with Gasteiger partial charge >= 0.3 is 0 Å². The zero-order valence-electron chi connectivity index (χ0n) is 16.9. The van der Waals surface area contributed by atoms with Gasteiger partial charge in [0.25, 0.3) is 0 Å². The number of aromatic nitrogens is 3. The van der Waals surface area contributed by atoms with Gasteiger partial charge in [0.15, 0.2) is 0 Å². The van der Waals surface area contributed by atoms with Gasteiger partial charge in [0.2, 0.25) is 11.8 Å². The van der Waals surface area contributed by atoms with E-state index in [1.54, 1.807) is 18.3 Å². The summed E-state index contributed by atoms with van der Waals surface area (Å²) in [7, 11) is 0. The summed E-state index contributed by atoms with van der Waals surface area (Å²) in [5.74, 6) is 1.51. The lowest BCUT2D eigenvalue weighted by molar-refractivity contribution is 0.184. The van der Waals surface area contributed by atoms with Crippen LogP contribution in [0.15, 0.2) is 83.4 Å². The number of anilines is 1. The third kappa shape index (κ3) is 4.04. The molecule has 3 heterocycles. The summed E-state index contributed by atoms with van der Waals surface area (Å²) in [6.45, 7) is 3.00. The fourth-order valence-corrected chi connectivity index (χ4v) is 3.98. The van der Waals surface area contributed by atoms with E-state index in [-0.39, 0.29) is 5.82 Å². The Labute approximate surface area is 180 Å². The second-order valence-corrected chi connectivity index (χ2v) is 7.45. The normalized spacial score (nSPS) is 15.7. The first-order chi connectivity index (χ1) is 15.3. The van der Waals surface area contributed by atoms with E-state index < -0.39 is 6.04 Å². The van der Waals surface area contributed by atoms with Crippen LogP contribution in [0.2, 0.25) is 0 Å². The van der Waals surface area contributed by atoms with Crippen molar-refractivity contribution in [2.45, 2.75) is 6.04 Å². The second kappa shape index (κ2) is 8.65. The van der Waals surface area contributed by atoms with Gasteiger partial charge in [0, 0.05) is 43.5 Å². The minimum absolute atomic E-state index is 0.279. The molecule has 31 heavy (non-hydrogen) atoms. The number of rotatable bonds is 5. The Morgan fingerprint density at radius 1 is 0.806 bits per heavy atom. The average Bonchev–Trinajstić information content (AvgIpc) is 3.32. The quantitative estimate of drug-likeness (QED) is 0.487. The number of hydrogen-bond acceptors (Lipinski definition) is 6. The van der Waals surface area contributed by atoms with E-state index in [0.717, 1.165) is 37.6 Å². The second-order valence-electron chi connectivity index (χ2n) is 7.45. The summed E-state index contributed by atoms with van der Waals surface area (Å²) < 4.78 is 20.9. The molecule has 4 aromatic rings. The molecule has 0 N–H and O–H groups in total. The van der Waals surface area contributed by atoms with Crippen LogP contribution in [0.25, 0.3) is 11.5 Å². The number of nitrogens with zero attached hydrogens (tertiary/aromatic N) is 5. The Morgan fingerprint density at radius 3 is 2.29 bits per heavy atom. The molecule has 1 fully saturated rings. The average molecular weight is 415 g/mol. The summed E-state index contributed by atoms with van der Waals surface area (Å²) in [6, 6.07) is 21.9. The number of piperazine rings is 1. The molecule has 0 radical (unpaired) electrons. The highest BCUT2D eigenvalue weighted by Crippen LogP contribution is 2.32. The Kier molecular flexibility index (Phi) is 5.41. The molecule has 2 aromatic carbocycles. The van der Waals surface area contributed by atoms with Crippen LogP contribution in [0.4, 0.5) is 10.2 Å². The molecule has 1 aliphatic heterocycles. The first-order valence-electron chi connectivity index (χ1n) is 10.3. The molecule has 0 saturated carbocycles. The van der Waals surface area contributed by atoms with Crippen LogP contribution >= 0.6 is 0 Å². The maximum absolute atomic E-state index is 14.8. The third-order valence-corrected chi connectivity index (χ3v) is 5.55. The predicted octanol–water partition coefficient (Wildman–Crippen LogP) is 4.18. The minimum atomic E-state index is -0.447. The molecule has 0 aliphatic carbocycles. The molecule has 156 valence electrons. The van der Waals surface area contributed by atoms with Crippen molar-refractivity contribution in [3.05, 3.63) is 96.3 Å². The zero-order valence-corrected chi connectivity index (χ0v) is 16.9. The molecule has 1 aliphatic rings. The van der Waals surface area contributed by atoms with Gasteiger partial charge in [-0.2, -0.15) is 0 Å². The highest BCUT2D eigenvalue weighted by molar-refractivity contribution is 5.52. The molecule has 0 spiro atoms. The third-order valence-electron chi connectivity index (χ3n) is 5.55. The summed E-state index contributed by atoms with van der Waals surface area (Å²) in [4.78, 5) is 8.88. The molecule has 7 heteroatoms. The topological polar surface area (TPSA) is 58.3 Å². The van der Waals surface area contributed by atoms with Gasteiger partial charge in [-0.15, -0.1) is 10.2 Å². The van der Waals surface area contributed by atoms with Gasteiger partial charge in [0.05, 0.1) is 0 Å². The van der Waals surface area contributed by atoms with Crippen LogP contribution in [0.3, 0.4) is 0 Å². The summed E-state index contributed by atoms with van der Waals surface area (Å²) in [5, 5.41) is 8.55. The monoisotopic (exact) mass is 415 g/mol. The van der Waals surface area contributed by atoms with Crippen LogP contribution in [0.1, 0.15) is 17.5 Å². The molecule has 1 saturated heterocycles. The van der Waals surface area contributed by atoms with E-state index in [0.29, 0.717) is 17.3 Å². The first kappa shape index (κ1) is 19.4. The summed E-state index contributed by atoms with van der Waals surface area (Å²) in [6.07, 6.45) is 1.80. The van der Waals surface area contributed by atoms with E-state index in [1.807, 2.05) is 54.6 Å². The molecule has 2 aromatic heterocycles. The van der Waals surface area contributed by atoms with Gasteiger partial charge in [-0.3, -0.25) is 4.90 Å². The maximum atomic E-state index is 14.8. The van der Waals surface area contributed by atoms with Gasteiger partial charge in [-0.05, 0) is 30.3 Å². The van der Waals surface area contributed by atoms with Gasteiger partial charge in [-0.25, -0.2) is 9.37 Å². The van der Waals surface area contributed by atoms with Crippen molar-refractivity contribution in [1.29, 1.82) is 0 Å². The molecule has 6 nitrogen and oxygen atoms in total. The van der Waals surface area contributed by atoms with Crippen LogP contribution in [0, 0.1) is 5.82 Å². The van der Waals surface area contributed by atoms with Crippen molar-refractivity contribution in [2.75, 3.05) is 31.1 Å². The van der Waals surface area contributed by atoms with E-state index in [9.17, 15) is 4.39 Å². The van der Waals surface area contributed by atoms with E-state index in [2.05, 4.69) is 25.0 Å². The Balaban J connectivity index is 1.44. The van der Waals surface area contributed by atoms with Crippen molar-refractivity contribution >= 4 is 5.82 Å². The minimum Gasteiger partial charge on any atom is -0.419 e. The fraction of sp³-hybridized carbons (Fsp3) is 0.208. The Hall–Kier alpha value is -3.58. The summed E-state index contributed by atoms with van der Waals surface area (Å²) in [5.41, 5.74) is 1.38. The lowest BCUT2D eigenvalue weighted by atomic mass is 10.0. The summed E-state index contributed by atoms with van der Waals surface area (Å²) >= 11 is 0. The van der Waals surface area contributed by atoms with Gasteiger partial charge in [-0.1, -0.05) is 42.5 Å². The number of pyridine rings is 1. The van der Waals surface area contributed by atoms with Crippen molar-refractivity contribution in [1.82, 2.24) is 20.1 Å². The number of halogens is 1. The lowest BCUT2D eigenvalue weighted by Crippen LogP contribution is -2.48. The van der Waals surface area contributed by atoms with Crippen LogP contribution in [-0.4, -0.2) is 46.3 Å². The van der Waals surface area contributed by atoms with Crippen molar-refractivity contribution in [3.8, 4) is 11.5 Å². The molecule has 5 rings (SSSR count). The van der Waals surface area contributed by atoms with Gasteiger partial charge < -0.3 is 9.32 Å². The molecule has 0 bridgehead atoms.